The van der Waals surface area contributed by atoms with Crippen molar-refractivity contribution in [2.24, 2.45) is 5.14 Å². The second kappa shape index (κ2) is 3.69. The molecule has 1 aliphatic heterocycles. The fourth-order valence-corrected chi connectivity index (χ4v) is 1.48. The highest BCUT2D eigenvalue weighted by Crippen LogP contribution is 2.32. The summed E-state index contributed by atoms with van der Waals surface area (Å²) in [5.41, 5.74) is 0.647. The van der Waals surface area contributed by atoms with Crippen molar-refractivity contribution in [1.82, 2.24) is 0 Å². The minimum Gasteiger partial charge on any atom is -0.454 e. The molecule has 0 fully saturated rings. The van der Waals surface area contributed by atoms with Gasteiger partial charge in [0.05, 0.1) is 6.61 Å². The molecular weight excluding hydrogens is 222 g/mol. The van der Waals surface area contributed by atoms with Gasteiger partial charge >= 0.3 is 10.3 Å². The van der Waals surface area contributed by atoms with Crippen molar-refractivity contribution in [2.75, 3.05) is 6.79 Å². The van der Waals surface area contributed by atoms with E-state index in [0.717, 1.165) is 0 Å². The van der Waals surface area contributed by atoms with E-state index in [1.165, 1.54) is 0 Å². The quantitative estimate of drug-likeness (QED) is 0.799. The normalized spacial score (nSPS) is 14.2. The van der Waals surface area contributed by atoms with Gasteiger partial charge in [-0.15, -0.1) is 0 Å². The zero-order chi connectivity index (χ0) is 10.9. The number of hydrogen-bond acceptors (Lipinski definition) is 5. The van der Waals surface area contributed by atoms with E-state index in [2.05, 4.69) is 4.18 Å². The largest absolute Gasteiger partial charge is 0.454 e. The Balaban J connectivity index is 2.10. The van der Waals surface area contributed by atoms with Gasteiger partial charge in [0.1, 0.15) is 0 Å². The number of ether oxygens (including phenoxy) is 2. The van der Waals surface area contributed by atoms with Crippen LogP contribution < -0.4 is 14.6 Å². The van der Waals surface area contributed by atoms with Crippen molar-refractivity contribution in [3.8, 4) is 11.5 Å². The lowest BCUT2D eigenvalue weighted by Crippen LogP contribution is -2.15. The molecule has 1 heterocycles. The topological polar surface area (TPSA) is 87.9 Å². The first-order valence-electron chi connectivity index (χ1n) is 4.10. The molecule has 0 radical (unpaired) electrons. The molecule has 0 saturated heterocycles. The maximum Gasteiger partial charge on any atom is 0.333 e. The van der Waals surface area contributed by atoms with Crippen molar-refractivity contribution >= 4 is 10.3 Å². The summed E-state index contributed by atoms with van der Waals surface area (Å²) in [5.74, 6) is 1.21. The molecule has 1 aliphatic rings. The van der Waals surface area contributed by atoms with Crippen LogP contribution in [0.15, 0.2) is 18.2 Å². The molecule has 0 amide bonds. The van der Waals surface area contributed by atoms with Crippen LogP contribution in [0.1, 0.15) is 5.56 Å². The Bertz CT molecular complexity index is 470. The van der Waals surface area contributed by atoms with E-state index in [0.29, 0.717) is 17.1 Å². The molecule has 0 bridgehead atoms. The molecule has 0 atom stereocenters. The summed E-state index contributed by atoms with van der Waals surface area (Å²) in [7, 11) is -3.91. The number of benzene rings is 1. The third-order valence-corrected chi connectivity index (χ3v) is 2.27. The maximum absolute atomic E-state index is 10.5. The predicted octanol–water partition coefficient (Wildman–Crippen LogP) is 0.135. The van der Waals surface area contributed by atoms with Crippen LogP contribution in [-0.2, 0) is 21.1 Å². The fraction of sp³-hybridized carbons (Fsp3) is 0.250. The van der Waals surface area contributed by atoms with Crippen molar-refractivity contribution in [1.29, 1.82) is 0 Å². The average Bonchev–Trinajstić information content (AvgIpc) is 2.60. The Morgan fingerprint density at radius 2 is 2.07 bits per heavy atom. The summed E-state index contributed by atoms with van der Waals surface area (Å²) in [6, 6.07) is 5.01. The van der Waals surface area contributed by atoms with Crippen LogP contribution in [0.25, 0.3) is 0 Å². The van der Waals surface area contributed by atoms with Gasteiger partial charge in [-0.25, -0.2) is 5.14 Å². The lowest BCUT2D eigenvalue weighted by molar-refractivity contribution is 0.174. The molecule has 2 N–H and O–H groups in total. The van der Waals surface area contributed by atoms with E-state index in [9.17, 15) is 8.42 Å². The van der Waals surface area contributed by atoms with Crippen molar-refractivity contribution < 1.29 is 22.1 Å². The van der Waals surface area contributed by atoms with E-state index in [1.807, 2.05) is 0 Å². The molecule has 82 valence electrons. The fourth-order valence-electron chi connectivity index (χ4n) is 1.18. The van der Waals surface area contributed by atoms with E-state index >= 15 is 0 Å². The average molecular weight is 231 g/mol. The number of nitrogens with two attached hydrogens (primary N) is 1. The number of fused-ring (bicyclic) bond motifs is 1. The van der Waals surface area contributed by atoms with Crippen LogP contribution >= 0.6 is 0 Å². The first kappa shape index (κ1) is 10.2. The van der Waals surface area contributed by atoms with Crippen LogP contribution in [0, 0.1) is 0 Å². The second-order valence-electron chi connectivity index (χ2n) is 2.94. The van der Waals surface area contributed by atoms with Crippen LogP contribution in [0.2, 0.25) is 0 Å². The number of hydrogen-bond donors (Lipinski definition) is 1. The van der Waals surface area contributed by atoms with E-state index < -0.39 is 10.3 Å². The number of rotatable bonds is 3. The summed E-state index contributed by atoms with van der Waals surface area (Å²) in [6.07, 6.45) is 0. The van der Waals surface area contributed by atoms with Crippen molar-refractivity contribution in [3.63, 3.8) is 0 Å². The van der Waals surface area contributed by atoms with Gasteiger partial charge in [0.15, 0.2) is 11.5 Å². The SMILES string of the molecule is NS(=O)(=O)OCc1ccc2c(c1)OCO2. The smallest absolute Gasteiger partial charge is 0.333 e. The molecule has 0 saturated carbocycles. The highest BCUT2D eigenvalue weighted by molar-refractivity contribution is 7.84. The van der Waals surface area contributed by atoms with Crippen LogP contribution in [0.5, 0.6) is 11.5 Å². The maximum atomic E-state index is 10.5. The zero-order valence-electron chi connectivity index (χ0n) is 7.67. The van der Waals surface area contributed by atoms with Gasteiger partial charge in [-0.1, -0.05) is 6.07 Å². The van der Waals surface area contributed by atoms with E-state index in [-0.39, 0.29) is 13.4 Å². The van der Waals surface area contributed by atoms with Gasteiger partial charge < -0.3 is 9.47 Å². The predicted molar refractivity (Wildman–Crippen MR) is 50.5 cm³/mol. The second-order valence-corrected chi connectivity index (χ2v) is 4.16. The minimum absolute atomic E-state index is 0.116. The van der Waals surface area contributed by atoms with Gasteiger partial charge in [0.2, 0.25) is 6.79 Å². The summed E-state index contributed by atoms with van der Waals surface area (Å²) in [4.78, 5) is 0. The van der Waals surface area contributed by atoms with Crippen molar-refractivity contribution in [3.05, 3.63) is 23.8 Å². The van der Waals surface area contributed by atoms with Crippen molar-refractivity contribution in [2.45, 2.75) is 6.61 Å². The highest BCUT2D eigenvalue weighted by Gasteiger charge is 2.13. The molecule has 0 unspecified atom stereocenters. The molecule has 7 heteroatoms. The van der Waals surface area contributed by atoms with Gasteiger partial charge in [0, 0.05) is 0 Å². The van der Waals surface area contributed by atoms with Gasteiger partial charge in [-0.05, 0) is 17.7 Å². The Morgan fingerprint density at radius 1 is 1.33 bits per heavy atom. The highest BCUT2D eigenvalue weighted by atomic mass is 32.2. The Labute approximate surface area is 86.8 Å². The third-order valence-electron chi connectivity index (χ3n) is 1.83. The lowest BCUT2D eigenvalue weighted by atomic mass is 10.2. The Hall–Kier alpha value is -1.31. The Kier molecular flexibility index (Phi) is 2.51. The molecule has 6 nitrogen and oxygen atoms in total. The summed E-state index contributed by atoms with van der Waals surface area (Å²) < 4.78 is 35.7. The van der Waals surface area contributed by atoms with E-state index in [1.54, 1.807) is 18.2 Å². The molecule has 0 aliphatic carbocycles. The van der Waals surface area contributed by atoms with Crippen LogP contribution in [0.3, 0.4) is 0 Å². The molecular formula is C8H9NO5S. The molecule has 1 aromatic rings. The lowest BCUT2D eigenvalue weighted by Gasteiger charge is -2.02. The monoisotopic (exact) mass is 231 g/mol. The zero-order valence-corrected chi connectivity index (χ0v) is 8.49. The molecule has 0 spiro atoms. The minimum atomic E-state index is -3.91. The van der Waals surface area contributed by atoms with E-state index in [4.69, 9.17) is 14.6 Å². The summed E-state index contributed by atoms with van der Waals surface area (Å²) >= 11 is 0. The first-order valence-corrected chi connectivity index (χ1v) is 5.57. The van der Waals surface area contributed by atoms with Gasteiger partial charge in [0.25, 0.3) is 0 Å². The molecule has 15 heavy (non-hydrogen) atoms. The van der Waals surface area contributed by atoms with Gasteiger partial charge in [-0.3, -0.25) is 4.18 Å². The van der Waals surface area contributed by atoms with Crippen LogP contribution in [0.4, 0.5) is 0 Å². The van der Waals surface area contributed by atoms with Crippen LogP contribution in [-0.4, -0.2) is 15.2 Å². The summed E-state index contributed by atoms with van der Waals surface area (Å²) in [5, 5.41) is 4.69. The Morgan fingerprint density at radius 3 is 2.80 bits per heavy atom. The molecule has 0 aromatic heterocycles. The summed E-state index contributed by atoms with van der Waals surface area (Å²) in [6.45, 7) is 0.0598. The third kappa shape index (κ3) is 2.58. The first-order chi connectivity index (χ1) is 7.04. The standard InChI is InChI=1S/C8H9NO5S/c9-15(10,11)14-4-6-1-2-7-8(3-6)13-5-12-7/h1-3H,4-5H2,(H2,9,10,11). The molecule has 2 rings (SSSR count). The molecule has 1 aromatic carbocycles. The van der Waals surface area contributed by atoms with Gasteiger partial charge in [-0.2, -0.15) is 8.42 Å².